The van der Waals surface area contributed by atoms with E-state index < -0.39 is 35.6 Å². The highest BCUT2D eigenvalue weighted by Crippen LogP contribution is 2.35. The van der Waals surface area contributed by atoms with Gasteiger partial charge in [0.15, 0.2) is 28.5 Å². The number of piperidine rings is 1. The maximum Gasteiger partial charge on any atom is 0.265 e. The van der Waals surface area contributed by atoms with Crippen LogP contribution in [0, 0.1) is 11.6 Å². The van der Waals surface area contributed by atoms with Gasteiger partial charge in [-0.1, -0.05) is 0 Å². The van der Waals surface area contributed by atoms with E-state index in [2.05, 4.69) is 25.3 Å². The molecule has 0 unspecified atom stereocenters. The molecule has 0 bridgehead atoms. The lowest BCUT2D eigenvalue weighted by Gasteiger charge is -2.44. The summed E-state index contributed by atoms with van der Waals surface area (Å²) in [5, 5.41) is 12.8. The second-order valence-electron chi connectivity index (χ2n) is 10.2. The minimum absolute atomic E-state index is 0.0639. The fraction of sp³-hybridized carbons (Fsp3) is 0.370. The van der Waals surface area contributed by atoms with Crippen LogP contribution in [0.1, 0.15) is 18.4 Å². The number of halogens is 4. The van der Waals surface area contributed by atoms with E-state index in [4.69, 9.17) is 16.2 Å². The zero-order valence-electron chi connectivity index (χ0n) is 23.0. The molecule has 0 radical (unpaired) electrons. The van der Waals surface area contributed by atoms with Crippen molar-refractivity contribution in [1.82, 2.24) is 24.5 Å². The van der Waals surface area contributed by atoms with Gasteiger partial charge in [0, 0.05) is 24.7 Å². The van der Waals surface area contributed by atoms with Crippen molar-refractivity contribution < 1.29 is 32.2 Å². The number of pyridine rings is 1. The smallest absolute Gasteiger partial charge is 0.265 e. The van der Waals surface area contributed by atoms with E-state index in [9.17, 15) is 23.1 Å². The van der Waals surface area contributed by atoms with Crippen molar-refractivity contribution in [2.45, 2.75) is 37.5 Å². The van der Waals surface area contributed by atoms with Crippen molar-refractivity contribution in [1.29, 1.82) is 0 Å². The molecule has 4 heterocycles. The number of nitrogens with two attached hydrogens (primary N) is 2. The van der Waals surface area contributed by atoms with Crippen molar-refractivity contribution >= 4 is 28.6 Å². The Labute approximate surface area is 242 Å². The quantitative estimate of drug-likeness (QED) is 0.208. The van der Waals surface area contributed by atoms with Crippen LogP contribution >= 0.6 is 0 Å². The number of carbonyl (C=O) groups excluding carboxylic acids is 1. The van der Waals surface area contributed by atoms with E-state index in [1.807, 2.05) is 0 Å². The molecule has 5 rings (SSSR count). The Balaban J connectivity index is 1.59. The van der Waals surface area contributed by atoms with Crippen molar-refractivity contribution in [2.24, 2.45) is 11.5 Å². The van der Waals surface area contributed by atoms with E-state index in [0.29, 0.717) is 29.9 Å². The molecule has 16 heteroatoms. The first kappa shape index (κ1) is 30.1. The highest BCUT2D eigenvalue weighted by Gasteiger charge is 2.43. The van der Waals surface area contributed by atoms with Crippen LogP contribution in [0.15, 0.2) is 37.1 Å². The molecule has 0 saturated carbocycles. The van der Waals surface area contributed by atoms with Crippen LogP contribution < -0.4 is 26.4 Å². The molecule has 4 aromatic rings. The highest BCUT2D eigenvalue weighted by atomic mass is 19.3. The van der Waals surface area contributed by atoms with Gasteiger partial charge in [0.25, 0.3) is 6.43 Å². The lowest BCUT2D eigenvalue weighted by molar-refractivity contribution is -0.114. The first-order valence-corrected chi connectivity index (χ1v) is 13.2. The van der Waals surface area contributed by atoms with Gasteiger partial charge in [-0.3, -0.25) is 9.78 Å². The molecule has 1 aliphatic rings. The lowest BCUT2D eigenvalue weighted by atomic mass is 9.84. The summed E-state index contributed by atoms with van der Waals surface area (Å²) in [7, 11) is 1.22. The Hall–Kier alpha value is -4.41. The van der Waals surface area contributed by atoms with Gasteiger partial charge >= 0.3 is 0 Å². The highest BCUT2D eigenvalue weighted by molar-refractivity contribution is 5.97. The molecule has 1 fully saturated rings. The third-order valence-corrected chi connectivity index (χ3v) is 7.39. The van der Waals surface area contributed by atoms with Crippen LogP contribution in [-0.4, -0.2) is 80.3 Å². The zero-order chi connectivity index (χ0) is 30.9. The normalized spacial score (nSPS) is 17.8. The number of ether oxygens (including phenoxy) is 1. The number of nitrogens with zero attached hydrogens (tertiary/aromatic N) is 6. The summed E-state index contributed by atoms with van der Waals surface area (Å²) < 4.78 is 63.0. The Morgan fingerprint density at radius 3 is 2.70 bits per heavy atom. The van der Waals surface area contributed by atoms with Gasteiger partial charge < -0.3 is 36.1 Å². The SMILES string of the molecule is COc1cc(F)c(-c2cc(Cn3cnc4c(NC(=O)CN)ncnc43)c(N3CCC[C@](N)([C@H](O)C(F)F)C3)cn2)cc1F. The van der Waals surface area contributed by atoms with Gasteiger partial charge in [0.1, 0.15) is 18.2 Å². The van der Waals surface area contributed by atoms with E-state index >= 15 is 4.39 Å². The molecule has 2 atom stereocenters. The van der Waals surface area contributed by atoms with Gasteiger partial charge in [-0.15, -0.1) is 0 Å². The van der Waals surface area contributed by atoms with Crippen molar-refractivity contribution in [2.75, 3.05) is 37.0 Å². The average Bonchev–Trinajstić information content (AvgIpc) is 3.41. The Bertz CT molecular complexity index is 1650. The van der Waals surface area contributed by atoms with Crippen LogP contribution in [0.4, 0.5) is 29.1 Å². The number of benzene rings is 1. The number of carbonyl (C=O) groups is 1. The van der Waals surface area contributed by atoms with Gasteiger partial charge in [-0.2, -0.15) is 0 Å². The van der Waals surface area contributed by atoms with Crippen molar-refractivity contribution in [3.63, 3.8) is 0 Å². The molecule has 1 saturated heterocycles. The first-order valence-electron chi connectivity index (χ1n) is 13.2. The summed E-state index contributed by atoms with van der Waals surface area (Å²) in [4.78, 5) is 30.6. The molecule has 1 amide bonds. The largest absolute Gasteiger partial charge is 0.494 e. The number of amides is 1. The standard InChI is InChI=1S/C27H29F4N9O3/c1-43-20-7-16(28)15(6-17(20)29)18-5-14(10-40-13-37-22-25(38-21(41)8-32)35-12-36-26(22)40)19(9-34-18)39-4-2-3-27(33,11-39)23(42)24(30)31/h5-7,9,12-13,23-24,42H,2-4,8,10-11,32-33H2,1H3,(H,35,36,38,41)/t23-,27-/m1/s1. The monoisotopic (exact) mass is 603 g/mol. The topological polar surface area (TPSA) is 170 Å². The van der Waals surface area contributed by atoms with Crippen LogP contribution in [0.5, 0.6) is 5.75 Å². The molecule has 3 aromatic heterocycles. The molecule has 1 aromatic carbocycles. The minimum Gasteiger partial charge on any atom is -0.494 e. The summed E-state index contributed by atoms with van der Waals surface area (Å²) in [5.41, 5.74) is 11.6. The first-order chi connectivity index (χ1) is 20.5. The number of aliphatic hydroxyl groups excluding tert-OH is 1. The fourth-order valence-electron chi connectivity index (χ4n) is 5.19. The van der Waals surface area contributed by atoms with E-state index in [0.717, 1.165) is 12.1 Å². The number of hydrogen-bond donors (Lipinski definition) is 4. The van der Waals surface area contributed by atoms with E-state index in [1.165, 1.54) is 26.0 Å². The minimum atomic E-state index is -3.04. The number of anilines is 2. The van der Waals surface area contributed by atoms with Gasteiger partial charge in [0.2, 0.25) is 5.91 Å². The summed E-state index contributed by atoms with van der Waals surface area (Å²) in [6, 6.07) is 3.42. The number of imidazole rings is 1. The summed E-state index contributed by atoms with van der Waals surface area (Å²) in [6.07, 6.45) is -0.396. The van der Waals surface area contributed by atoms with E-state index in [-0.39, 0.29) is 54.4 Å². The zero-order valence-corrected chi connectivity index (χ0v) is 23.0. The second-order valence-corrected chi connectivity index (χ2v) is 10.2. The van der Waals surface area contributed by atoms with E-state index in [1.54, 1.807) is 15.5 Å². The van der Waals surface area contributed by atoms with Crippen molar-refractivity contribution in [3.8, 4) is 17.0 Å². The number of nitrogens with one attached hydrogen (secondary N) is 1. The third-order valence-electron chi connectivity index (χ3n) is 7.39. The number of fused-ring (bicyclic) bond motifs is 1. The number of alkyl halides is 2. The second kappa shape index (κ2) is 12.1. The number of rotatable bonds is 9. The number of aromatic nitrogens is 5. The molecule has 43 heavy (non-hydrogen) atoms. The van der Waals surface area contributed by atoms with Crippen LogP contribution in [0.2, 0.25) is 0 Å². The number of methoxy groups -OCH3 is 1. The molecule has 6 N–H and O–H groups in total. The predicted octanol–water partition coefficient (Wildman–Crippen LogP) is 2.04. The molecule has 0 spiro atoms. The number of aliphatic hydroxyl groups is 1. The maximum atomic E-state index is 15.0. The molecule has 0 aliphatic carbocycles. The Morgan fingerprint density at radius 2 is 1.98 bits per heavy atom. The molecule has 1 aliphatic heterocycles. The molecular weight excluding hydrogens is 574 g/mol. The summed E-state index contributed by atoms with van der Waals surface area (Å²) in [6.45, 7) is 0.0989. The number of hydrogen-bond acceptors (Lipinski definition) is 10. The average molecular weight is 604 g/mol. The summed E-state index contributed by atoms with van der Waals surface area (Å²) in [5.74, 6) is -2.17. The van der Waals surface area contributed by atoms with Gasteiger partial charge in [0.05, 0.1) is 49.6 Å². The lowest BCUT2D eigenvalue weighted by Crippen LogP contribution is -2.63. The molecule has 228 valence electrons. The van der Waals surface area contributed by atoms with Crippen LogP contribution in [0.25, 0.3) is 22.4 Å². The van der Waals surface area contributed by atoms with Gasteiger partial charge in [-0.25, -0.2) is 32.5 Å². The molecule has 12 nitrogen and oxygen atoms in total. The maximum absolute atomic E-state index is 15.0. The predicted molar refractivity (Wildman–Crippen MR) is 149 cm³/mol. The van der Waals surface area contributed by atoms with Crippen LogP contribution in [-0.2, 0) is 11.3 Å². The fourth-order valence-corrected chi connectivity index (χ4v) is 5.19. The van der Waals surface area contributed by atoms with Gasteiger partial charge in [-0.05, 0) is 30.5 Å². The summed E-state index contributed by atoms with van der Waals surface area (Å²) >= 11 is 0. The third kappa shape index (κ3) is 5.93. The Kier molecular flexibility index (Phi) is 8.43. The van der Waals surface area contributed by atoms with Crippen molar-refractivity contribution in [3.05, 3.63) is 54.2 Å². The van der Waals surface area contributed by atoms with Crippen LogP contribution in [0.3, 0.4) is 0 Å². The molecular formula is C27H29F4N9O3. The Morgan fingerprint density at radius 1 is 1.19 bits per heavy atom.